The number of carbonyl (C=O) groups is 1. The highest BCUT2D eigenvalue weighted by atomic mass is 16.1. The van der Waals surface area contributed by atoms with Gasteiger partial charge in [-0.25, -0.2) is 0 Å². The van der Waals surface area contributed by atoms with Crippen LogP contribution in [0.1, 0.15) is 12.0 Å². The van der Waals surface area contributed by atoms with Crippen LogP contribution in [0.3, 0.4) is 0 Å². The quantitative estimate of drug-likeness (QED) is 0.769. The lowest BCUT2D eigenvalue weighted by atomic mass is 10.1. The van der Waals surface area contributed by atoms with Crippen LogP contribution in [-0.4, -0.2) is 16.5 Å². The molecular formula is C12H12N2O. The maximum atomic E-state index is 10.3. The second-order valence-corrected chi connectivity index (χ2v) is 3.34. The van der Waals surface area contributed by atoms with Gasteiger partial charge in [0, 0.05) is 6.42 Å². The van der Waals surface area contributed by atoms with Gasteiger partial charge >= 0.3 is 0 Å². The molecule has 1 aromatic carbocycles. The first-order valence-electron chi connectivity index (χ1n) is 4.93. The van der Waals surface area contributed by atoms with E-state index >= 15 is 0 Å². The minimum Gasteiger partial charge on any atom is -0.303 e. The van der Waals surface area contributed by atoms with Gasteiger partial charge in [-0.3, -0.25) is 5.10 Å². The van der Waals surface area contributed by atoms with E-state index in [-0.39, 0.29) is 0 Å². The van der Waals surface area contributed by atoms with Gasteiger partial charge in [-0.15, -0.1) is 0 Å². The number of aromatic nitrogens is 2. The van der Waals surface area contributed by atoms with E-state index < -0.39 is 0 Å². The molecule has 0 aliphatic rings. The summed E-state index contributed by atoms with van der Waals surface area (Å²) in [6.45, 7) is 0. The average molecular weight is 200 g/mol. The molecule has 3 nitrogen and oxygen atoms in total. The molecule has 0 atom stereocenters. The van der Waals surface area contributed by atoms with Crippen molar-refractivity contribution in [1.82, 2.24) is 10.2 Å². The monoisotopic (exact) mass is 200 g/mol. The van der Waals surface area contributed by atoms with Gasteiger partial charge < -0.3 is 4.79 Å². The number of aryl methyl sites for hydroxylation is 1. The van der Waals surface area contributed by atoms with Gasteiger partial charge in [-0.1, -0.05) is 30.3 Å². The summed E-state index contributed by atoms with van der Waals surface area (Å²) < 4.78 is 0. The van der Waals surface area contributed by atoms with Crippen molar-refractivity contribution in [2.24, 2.45) is 0 Å². The van der Waals surface area contributed by atoms with Crippen LogP contribution >= 0.6 is 0 Å². The van der Waals surface area contributed by atoms with Gasteiger partial charge in [-0.2, -0.15) is 5.10 Å². The Hall–Kier alpha value is -1.90. The number of H-pyrrole nitrogens is 1. The first-order valence-corrected chi connectivity index (χ1v) is 4.93. The van der Waals surface area contributed by atoms with Gasteiger partial charge in [0.05, 0.1) is 11.9 Å². The lowest BCUT2D eigenvalue weighted by Crippen LogP contribution is -1.87. The smallest absolute Gasteiger partial charge is 0.120 e. The zero-order valence-electron chi connectivity index (χ0n) is 8.31. The Morgan fingerprint density at radius 2 is 2.07 bits per heavy atom. The molecule has 2 aromatic rings. The third kappa shape index (κ3) is 2.13. The van der Waals surface area contributed by atoms with Crippen molar-refractivity contribution in [1.29, 1.82) is 0 Å². The molecule has 1 aromatic heterocycles. The molecule has 0 radical (unpaired) electrons. The molecule has 0 saturated carbocycles. The van der Waals surface area contributed by atoms with Gasteiger partial charge in [0.25, 0.3) is 0 Å². The van der Waals surface area contributed by atoms with Crippen LogP contribution < -0.4 is 0 Å². The van der Waals surface area contributed by atoms with E-state index in [0.29, 0.717) is 6.42 Å². The fourth-order valence-electron chi connectivity index (χ4n) is 1.57. The van der Waals surface area contributed by atoms with Gasteiger partial charge in [0.1, 0.15) is 6.29 Å². The minimum atomic E-state index is 0.541. The highest BCUT2D eigenvalue weighted by Gasteiger charge is 2.06. The summed E-state index contributed by atoms with van der Waals surface area (Å²) in [5.41, 5.74) is 3.21. The Morgan fingerprint density at radius 3 is 2.80 bits per heavy atom. The zero-order chi connectivity index (χ0) is 10.5. The molecule has 0 amide bonds. The van der Waals surface area contributed by atoms with Crippen LogP contribution in [0.5, 0.6) is 0 Å². The number of aromatic amines is 1. The SMILES string of the molecule is O=CCCc1cn[nH]c1-c1ccccc1. The molecule has 0 bridgehead atoms. The average Bonchev–Trinajstić information content (AvgIpc) is 2.75. The summed E-state index contributed by atoms with van der Waals surface area (Å²) in [6, 6.07) is 10.0. The maximum absolute atomic E-state index is 10.3. The van der Waals surface area contributed by atoms with Crippen LogP contribution in [0.4, 0.5) is 0 Å². The van der Waals surface area contributed by atoms with E-state index in [9.17, 15) is 4.79 Å². The van der Waals surface area contributed by atoms with E-state index in [0.717, 1.165) is 29.5 Å². The second-order valence-electron chi connectivity index (χ2n) is 3.34. The Labute approximate surface area is 88.1 Å². The first kappa shape index (κ1) is 9.65. The summed E-state index contributed by atoms with van der Waals surface area (Å²) in [5.74, 6) is 0. The molecule has 1 N–H and O–H groups in total. The third-order valence-corrected chi connectivity index (χ3v) is 2.31. The molecule has 0 saturated heterocycles. The van der Waals surface area contributed by atoms with Crippen molar-refractivity contribution in [3.63, 3.8) is 0 Å². The number of rotatable bonds is 4. The van der Waals surface area contributed by atoms with Crippen LogP contribution in [0.25, 0.3) is 11.3 Å². The van der Waals surface area contributed by atoms with Gasteiger partial charge in [0.2, 0.25) is 0 Å². The van der Waals surface area contributed by atoms with Crippen LogP contribution in [0.2, 0.25) is 0 Å². The molecule has 76 valence electrons. The summed E-state index contributed by atoms with van der Waals surface area (Å²) in [7, 11) is 0. The molecule has 0 aliphatic heterocycles. The Kier molecular flexibility index (Phi) is 2.93. The molecule has 0 fully saturated rings. The largest absolute Gasteiger partial charge is 0.303 e. The van der Waals surface area contributed by atoms with Crippen LogP contribution in [0, 0.1) is 0 Å². The summed E-state index contributed by atoms with van der Waals surface area (Å²) in [4.78, 5) is 10.3. The number of hydrogen-bond donors (Lipinski definition) is 1. The molecule has 1 heterocycles. The number of benzene rings is 1. The summed E-state index contributed by atoms with van der Waals surface area (Å²) >= 11 is 0. The first-order chi connectivity index (χ1) is 7.42. The lowest BCUT2D eigenvalue weighted by Gasteiger charge is -2.00. The van der Waals surface area contributed by atoms with Crippen molar-refractivity contribution in [2.75, 3.05) is 0 Å². The van der Waals surface area contributed by atoms with Gasteiger partial charge in [0.15, 0.2) is 0 Å². The van der Waals surface area contributed by atoms with E-state index in [1.54, 1.807) is 6.20 Å². The fraction of sp³-hybridized carbons (Fsp3) is 0.167. The van der Waals surface area contributed by atoms with E-state index in [1.807, 2.05) is 30.3 Å². The maximum Gasteiger partial charge on any atom is 0.120 e. The molecule has 0 unspecified atom stereocenters. The topological polar surface area (TPSA) is 45.8 Å². The van der Waals surface area contributed by atoms with Crippen LogP contribution in [0.15, 0.2) is 36.5 Å². The number of nitrogens with one attached hydrogen (secondary N) is 1. The molecule has 15 heavy (non-hydrogen) atoms. The van der Waals surface area contributed by atoms with Crippen molar-refractivity contribution in [2.45, 2.75) is 12.8 Å². The molecule has 3 heteroatoms. The van der Waals surface area contributed by atoms with E-state index in [4.69, 9.17) is 0 Å². The Morgan fingerprint density at radius 1 is 1.27 bits per heavy atom. The zero-order valence-corrected chi connectivity index (χ0v) is 8.31. The molecular weight excluding hydrogens is 188 g/mol. The highest BCUT2D eigenvalue weighted by molar-refractivity contribution is 5.63. The standard InChI is InChI=1S/C12H12N2O/c15-8-4-7-11-9-13-14-12(11)10-5-2-1-3-6-10/h1-3,5-6,8-9H,4,7H2,(H,13,14). The number of hydrogen-bond acceptors (Lipinski definition) is 2. The normalized spacial score (nSPS) is 10.1. The van der Waals surface area contributed by atoms with Crippen LogP contribution in [-0.2, 0) is 11.2 Å². The number of carbonyl (C=O) groups excluding carboxylic acids is 1. The fourth-order valence-corrected chi connectivity index (χ4v) is 1.57. The molecule has 0 spiro atoms. The number of nitrogens with zero attached hydrogens (tertiary/aromatic N) is 1. The molecule has 0 aliphatic carbocycles. The predicted octanol–water partition coefficient (Wildman–Crippen LogP) is 2.21. The van der Waals surface area contributed by atoms with Crippen molar-refractivity contribution in [3.05, 3.63) is 42.1 Å². The van der Waals surface area contributed by atoms with Gasteiger partial charge in [-0.05, 0) is 17.5 Å². The van der Waals surface area contributed by atoms with E-state index in [1.165, 1.54) is 0 Å². The third-order valence-electron chi connectivity index (χ3n) is 2.31. The summed E-state index contributed by atoms with van der Waals surface area (Å²) in [6.07, 6.45) is 4.00. The summed E-state index contributed by atoms with van der Waals surface area (Å²) in [5, 5.41) is 6.98. The van der Waals surface area contributed by atoms with E-state index in [2.05, 4.69) is 10.2 Å². The lowest BCUT2D eigenvalue weighted by molar-refractivity contribution is -0.107. The van der Waals surface area contributed by atoms with Crippen molar-refractivity contribution >= 4 is 6.29 Å². The van der Waals surface area contributed by atoms with Crippen molar-refractivity contribution in [3.8, 4) is 11.3 Å². The highest BCUT2D eigenvalue weighted by Crippen LogP contribution is 2.21. The minimum absolute atomic E-state index is 0.541. The van der Waals surface area contributed by atoms with Crippen molar-refractivity contribution < 1.29 is 4.79 Å². The molecule has 2 rings (SSSR count). The number of aldehydes is 1. The Balaban J connectivity index is 2.29. The predicted molar refractivity (Wildman–Crippen MR) is 58.4 cm³/mol. The second kappa shape index (κ2) is 4.55. The Bertz CT molecular complexity index is 434.